The lowest BCUT2D eigenvalue weighted by Gasteiger charge is -2.24. The van der Waals surface area contributed by atoms with Gasteiger partial charge in [0.2, 0.25) is 0 Å². The Hall–Kier alpha value is -1.20. The quantitative estimate of drug-likeness (QED) is 0.808. The number of benzene rings is 1. The lowest BCUT2D eigenvalue weighted by molar-refractivity contribution is 0.0925. The zero-order valence-electron chi connectivity index (χ0n) is 12.3. The third kappa shape index (κ3) is 4.72. The Labute approximate surface area is 123 Å². The van der Waals surface area contributed by atoms with E-state index in [0.29, 0.717) is 29.2 Å². The molecule has 0 aliphatic rings. The van der Waals surface area contributed by atoms with Gasteiger partial charge in [-0.2, -0.15) is 0 Å². The number of carbonyl (C=O) groups excluding carboxylic acids is 1. The van der Waals surface area contributed by atoms with Crippen LogP contribution in [0.5, 0.6) is 0 Å². The van der Waals surface area contributed by atoms with E-state index in [0.717, 1.165) is 0 Å². The highest BCUT2D eigenvalue weighted by atomic mass is 32.2. The van der Waals surface area contributed by atoms with Crippen molar-refractivity contribution in [3.8, 4) is 0 Å². The molecular weight excluding hydrogens is 274 g/mol. The molecular formula is C15H23NO3S. The highest BCUT2D eigenvalue weighted by Gasteiger charge is 2.20. The van der Waals surface area contributed by atoms with Crippen LogP contribution in [-0.4, -0.2) is 34.1 Å². The first-order valence-electron chi connectivity index (χ1n) is 6.77. The van der Waals surface area contributed by atoms with E-state index in [1.807, 2.05) is 20.8 Å². The van der Waals surface area contributed by atoms with E-state index < -0.39 is 10.8 Å². The van der Waals surface area contributed by atoms with Gasteiger partial charge in [0.05, 0.1) is 21.3 Å². The minimum absolute atomic E-state index is 0.0965. The smallest absolute Gasteiger partial charge is 0.252 e. The predicted octanol–water partition coefficient (Wildman–Crippen LogP) is 1.95. The van der Waals surface area contributed by atoms with Crippen molar-refractivity contribution in [3.05, 3.63) is 29.8 Å². The Morgan fingerprint density at radius 3 is 2.60 bits per heavy atom. The molecule has 1 amide bonds. The van der Waals surface area contributed by atoms with Gasteiger partial charge in [-0.3, -0.25) is 9.00 Å². The average Bonchev–Trinajstić information content (AvgIpc) is 2.44. The van der Waals surface area contributed by atoms with Crippen molar-refractivity contribution in [2.45, 2.75) is 32.1 Å². The van der Waals surface area contributed by atoms with Crippen molar-refractivity contribution in [1.29, 1.82) is 0 Å². The number of rotatable bonds is 7. The molecule has 1 atom stereocenters. The molecule has 0 bridgehead atoms. The van der Waals surface area contributed by atoms with E-state index in [9.17, 15) is 9.00 Å². The molecule has 112 valence electrons. The lowest BCUT2D eigenvalue weighted by Crippen LogP contribution is -2.35. The van der Waals surface area contributed by atoms with Crippen LogP contribution >= 0.6 is 0 Å². The van der Waals surface area contributed by atoms with E-state index in [-0.39, 0.29) is 17.9 Å². The van der Waals surface area contributed by atoms with E-state index in [2.05, 4.69) is 5.32 Å². The van der Waals surface area contributed by atoms with Crippen LogP contribution in [0.15, 0.2) is 29.2 Å². The first kappa shape index (κ1) is 16.9. The van der Waals surface area contributed by atoms with Crippen LogP contribution in [0.4, 0.5) is 0 Å². The lowest BCUT2D eigenvalue weighted by atomic mass is 9.89. The second-order valence-electron chi connectivity index (χ2n) is 5.45. The molecule has 20 heavy (non-hydrogen) atoms. The molecule has 0 radical (unpaired) electrons. The summed E-state index contributed by atoms with van der Waals surface area (Å²) in [6.07, 6.45) is 0.621. The van der Waals surface area contributed by atoms with Crippen molar-refractivity contribution in [3.63, 3.8) is 0 Å². The van der Waals surface area contributed by atoms with Crippen LogP contribution in [0.2, 0.25) is 0 Å². The fourth-order valence-electron chi connectivity index (χ4n) is 1.81. The number of aliphatic hydroxyl groups excluding tert-OH is 1. The molecule has 5 heteroatoms. The Bertz CT molecular complexity index is 486. The SMILES string of the molecule is CCS(=O)c1ccccc1C(=O)NCC(C)(C)CCO. The first-order valence-corrected chi connectivity index (χ1v) is 8.09. The van der Waals surface area contributed by atoms with Crippen LogP contribution in [0.1, 0.15) is 37.6 Å². The van der Waals surface area contributed by atoms with Crippen LogP contribution < -0.4 is 5.32 Å². The van der Waals surface area contributed by atoms with Crippen molar-refractivity contribution < 1.29 is 14.1 Å². The molecule has 0 heterocycles. The van der Waals surface area contributed by atoms with Crippen molar-refractivity contribution in [1.82, 2.24) is 5.32 Å². The van der Waals surface area contributed by atoms with Crippen molar-refractivity contribution in [2.75, 3.05) is 18.9 Å². The zero-order chi connectivity index (χ0) is 15.2. The molecule has 2 N–H and O–H groups in total. The number of amides is 1. The van der Waals surface area contributed by atoms with Gasteiger partial charge in [0.15, 0.2) is 0 Å². The summed E-state index contributed by atoms with van der Waals surface area (Å²) in [5.41, 5.74) is 0.302. The fourth-order valence-corrected chi connectivity index (χ4v) is 2.76. The normalized spacial score (nSPS) is 13.0. The molecule has 0 aromatic heterocycles. The van der Waals surface area contributed by atoms with Gasteiger partial charge in [0, 0.05) is 18.9 Å². The summed E-state index contributed by atoms with van der Waals surface area (Å²) in [4.78, 5) is 12.8. The highest BCUT2D eigenvalue weighted by Crippen LogP contribution is 2.19. The Balaban J connectivity index is 2.81. The van der Waals surface area contributed by atoms with Gasteiger partial charge in [-0.05, 0) is 24.0 Å². The summed E-state index contributed by atoms with van der Waals surface area (Å²) in [6, 6.07) is 6.98. The first-order chi connectivity index (χ1) is 9.41. The maximum Gasteiger partial charge on any atom is 0.252 e. The van der Waals surface area contributed by atoms with E-state index in [1.165, 1.54) is 0 Å². The molecule has 4 nitrogen and oxygen atoms in total. The molecule has 0 spiro atoms. The standard InChI is InChI=1S/C15H23NO3S/c1-4-20(19)13-8-6-5-7-12(13)14(18)16-11-15(2,3)9-10-17/h5-8,17H,4,9-11H2,1-3H3,(H,16,18). The summed E-state index contributed by atoms with van der Waals surface area (Å²) < 4.78 is 11.9. The minimum atomic E-state index is -1.15. The number of hydrogen-bond donors (Lipinski definition) is 2. The molecule has 0 saturated heterocycles. The van der Waals surface area contributed by atoms with Gasteiger partial charge in [-0.1, -0.05) is 32.9 Å². The van der Waals surface area contributed by atoms with Gasteiger partial charge < -0.3 is 10.4 Å². The maximum atomic E-state index is 12.2. The van der Waals surface area contributed by atoms with E-state index >= 15 is 0 Å². The highest BCUT2D eigenvalue weighted by molar-refractivity contribution is 7.85. The van der Waals surface area contributed by atoms with Gasteiger partial charge in [-0.25, -0.2) is 0 Å². The molecule has 1 aromatic rings. The Morgan fingerprint density at radius 2 is 2.00 bits per heavy atom. The largest absolute Gasteiger partial charge is 0.396 e. The summed E-state index contributed by atoms with van der Waals surface area (Å²) in [5.74, 6) is 0.272. The maximum absolute atomic E-state index is 12.2. The third-order valence-electron chi connectivity index (χ3n) is 3.16. The molecule has 0 fully saturated rings. The van der Waals surface area contributed by atoms with Crippen LogP contribution in [0, 0.1) is 5.41 Å². The second kappa shape index (κ2) is 7.55. The van der Waals surface area contributed by atoms with E-state index in [1.54, 1.807) is 24.3 Å². The number of hydrogen-bond acceptors (Lipinski definition) is 3. The van der Waals surface area contributed by atoms with Gasteiger partial charge in [0.25, 0.3) is 5.91 Å². The average molecular weight is 297 g/mol. The fraction of sp³-hybridized carbons (Fsp3) is 0.533. The Morgan fingerprint density at radius 1 is 1.35 bits per heavy atom. The van der Waals surface area contributed by atoms with Crippen LogP contribution in [0.3, 0.4) is 0 Å². The summed E-state index contributed by atoms with van der Waals surface area (Å²) >= 11 is 0. The van der Waals surface area contributed by atoms with Crippen molar-refractivity contribution in [2.24, 2.45) is 5.41 Å². The van der Waals surface area contributed by atoms with Crippen LogP contribution in [-0.2, 0) is 10.8 Å². The van der Waals surface area contributed by atoms with Crippen LogP contribution in [0.25, 0.3) is 0 Å². The van der Waals surface area contributed by atoms with Gasteiger partial charge in [0.1, 0.15) is 0 Å². The molecule has 1 unspecified atom stereocenters. The molecule has 0 saturated carbocycles. The summed E-state index contributed by atoms with van der Waals surface area (Å²) in [7, 11) is -1.15. The monoisotopic (exact) mass is 297 g/mol. The third-order valence-corrected chi connectivity index (χ3v) is 4.53. The predicted molar refractivity (Wildman–Crippen MR) is 81.2 cm³/mol. The number of aliphatic hydroxyl groups is 1. The van der Waals surface area contributed by atoms with Gasteiger partial charge in [-0.15, -0.1) is 0 Å². The number of nitrogens with one attached hydrogen (secondary N) is 1. The van der Waals surface area contributed by atoms with Gasteiger partial charge >= 0.3 is 0 Å². The van der Waals surface area contributed by atoms with Crippen molar-refractivity contribution >= 4 is 16.7 Å². The summed E-state index contributed by atoms with van der Waals surface area (Å²) in [5, 5.41) is 11.8. The molecule has 1 rings (SSSR count). The Kier molecular flexibility index (Phi) is 6.36. The topological polar surface area (TPSA) is 66.4 Å². The van der Waals surface area contributed by atoms with E-state index in [4.69, 9.17) is 5.11 Å². The second-order valence-corrected chi connectivity index (χ2v) is 7.16. The zero-order valence-corrected chi connectivity index (χ0v) is 13.1. The molecule has 0 aliphatic carbocycles. The number of carbonyl (C=O) groups is 1. The minimum Gasteiger partial charge on any atom is -0.396 e. The summed E-state index contributed by atoms with van der Waals surface area (Å²) in [6.45, 7) is 6.37. The molecule has 0 aliphatic heterocycles. The molecule has 1 aromatic carbocycles.